The van der Waals surface area contributed by atoms with E-state index in [1.54, 1.807) is 0 Å². The van der Waals surface area contributed by atoms with Gasteiger partial charge in [0.2, 0.25) is 0 Å². The number of rotatable bonds is 5. The Morgan fingerprint density at radius 1 is 1.18 bits per heavy atom. The van der Waals surface area contributed by atoms with Gasteiger partial charge in [0.15, 0.2) is 0 Å². The molecular formula is C14H29N3. The van der Waals surface area contributed by atoms with Crippen molar-refractivity contribution >= 4 is 0 Å². The van der Waals surface area contributed by atoms with E-state index >= 15 is 0 Å². The second-order valence-electron chi connectivity index (χ2n) is 6.20. The lowest BCUT2D eigenvalue weighted by atomic mass is 10.1. The van der Waals surface area contributed by atoms with Gasteiger partial charge in [-0.1, -0.05) is 19.8 Å². The van der Waals surface area contributed by atoms with Gasteiger partial charge in [0, 0.05) is 38.3 Å². The summed E-state index contributed by atoms with van der Waals surface area (Å²) in [6.45, 7) is 7.31. The fraction of sp³-hybridized carbons (Fsp3) is 1.00. The Morgan fingerprint density at radius 3 is 2.47 bits per heavy atom. The zero-order valence-electron chi connectivity index (χ0n) is 11.8. The topological polar surface area (TPSA) is 18.5 Å². The first kappa shape index (κ1) is 13.3. The molecule has 100 valence electrons. The Bertz CT molecular complexity index is 224. The van der Waals surface area contributed by atoms with E-state index in [1.165, 1.54) is 51.9 Å². The second kappa shape index (κ2) is 6.17. The third-order valence-corrected chi connectivity index (χ3v) is 4.53. The van der Waals surface area contributed by atoms with Crippen LogP contribution >= 0.6 is 0 Å². The number of likely N-dealkylation sites (N-methyl/N-ethyl adjacent to an activating group) is 1. The molecular weight excluding hydrogens is 210 g/mol. The van der Waals surface area contributed by atoms with Gasteiger partial charge in [-0.05, 0) is 32.9 Å². The van der Waals surface area contributed by atoms with Crippen molar-refractivity contribution in [1.82, 2.24) is 15.1 Å². The molecule has 3 nitrogen and oxygen atoms in total. The molecule has 2 atom stereocenters. The van der Waals surface area contributed by atoms with Gasteiger partial charge < -0.3 is 15.1 Å². The Hall–Kier alpha value is -0.120. The van der Waals surface area contributed by atoms with Crippen molar-refractivity contribution in [2.75, 3.05) is 40.3 Å². The first-order valence-electron chi connectivity index (χ1n) is 7.29. The molecule has 0 aromatic carbocycles. The summed E-state index contributed by atoms with van der Waals surface area (Å²) in [5.74, 6) is 0.816. The first-order chi connectivity index (χ1) is 8.16. The molecule has 1 saturated heterocycles. The highest BCUT2D eigenvalue weighted by Gasteiger charge is 2.30. The molecule has 0 radical (unpaired) electrons. The lowest BCUT2D eigenvalue weighted by molar-refractivity contribution is 0.251. The van der Waals surface area contributed by atoms with E-state index < -0.39 is 0 Å². The fourth-order valence-corrected chi connectivity index (χ4v) is 3.46. The number of hydrogen-bond acceptors (Lipinski definition) is 3. The Balaban J connectivity index is 1.63. The SMILES string of the molecule is CC1CN(CCNC2CCCC2)CC1N(C)C. The van der Waals surface area contributed by atoms with Crippen LogP contribution in [0.2, 0.25) is 0 Å². The summed E-state index contributed by atoms with van der Waals surface area (Å²) in [6.07, 6.45) is 5.66. The molecule has 2 fully saturated rings. The molecule has 1 aliphatic carbocycles. The summed E-state index contributed by atoms with van der Waals surface area (Å²) < 4.78 is 0. The van der Waals surface area contributed by atoms with Gasteiger partial charge in [0.1, 0.15) is 0 Å². The van der Waals surface area contributed by atoms with Crippen molar-refractivity contribution in [1.29, 1.82) is 0 Å². The van der Waals surface area contributed by atoms with Gasteiger partial charge in [-0.3, -0.25) is 0 Å². The standard InChI is InChI=1S/C14H29N3/c1-12-10-17(11-14(12)16(2)3)9-8-15-13-6-4-5-7-13/h12-15H,4-11H2,1-3H3. The molecule has 2 rings (SSSR count). The molecule has 2 unspecified atom stereocenters. The smallest absolute Gasteiger partial charge is 0.0254 e. The molecule has 1 saturated carbocycles. The Kier molecular flexibility index (Phi) is 4.83. The van der Waals surface area contributed by atoms with Crippen molar-refractivity contribution < 1.29 is 0 Å². The maximum Gasteiger partial charge on any atom is 0.0254 e. The lowest BCUT2D eigenvalue weighted by Gasteiger charge is -2.23. The van der Waals surface area contributed by atoms with Gasteiger partial charge in [-0.2, -0.15) is 0 Å². The molecule has 2 aliphatic rings. The molecule has 17 heavy (non-hydrogen) atoms. The van der Waals surface area contributed by atoms with E-state index in [-0.39, 0.29) is 0 Å². The maximum absolute atomic E-state index is 3.71. The average molecular weight is 239 g/mol. The van der Waals surface area contributed by atoms with Crippen LogP contribution in [0.25, 0.3) is 0 Å². The van der Waals surface area contributed by atoms with Crippen molar-refractivity contribution in [2.24, 2.45) is 5.92 Å². The molecule has 0 spiro atoms. The summed E-state index contributed by atoms with van der Waals surface area (Å²) >= 11 is 0. The minimum Gasteiger partial charge on any atom is -0.313 e. The van der Waals surface area contributed by atoms with Crippen LogP contribution < -0.4 is 5.32 Å². The summed E-state index contributed by atoms with van der Waals surface area (Å²) in [5, 5.41) is 3.71. The van der Waals surface area contributed by atoms with Crippen LogP contribution in [-0.4, -0.2) is 62.2 Å². The average Bonchev–Trinajstić information content (AvgIpc) is 2.88. The van der Waals surface area contributed by atoms with Gasteiger partial charge in [0.05, 0.1) is 0 Å². The molecule has 0 bridgehead atoms. The number of nitrogens with zero attached hydrogens (tertiary/aromatic N) is 2. The predicted molar refractivity (Wildman–Crippen MR) is 73.3 cm³/mol. The third-order valence-electron chi connectivity index (χ3n) is 4.53. The monoisotopic (exact) mass is 239 g/mol. The molecule has 0 aromatic heterocycles. The van der Waals surface area contributed by atoms with Crippen LogP contribution in [0.3, 0.4) is 0 Å². The van der Waals surface area contributed by atoms with Crippen molar-refractivity contribution in [3.63, 3.8) is 0 Å². The summed E-state index contributed by atoms with van der Waals surface area (Å²) in [4.78, 5) is 5.01. The van der Waals surface area contributed by atoms with E-state index in [2.05, 4.69) is 36.1 Å². The van der Waals surface area contributed by atoms with Gasteiger partial charge >= 0.3 is 0 Å². The van der Waals surface area contributed by atoms with E-state index in [4.69, 9.17) is 0 Å². The van der Waals surface area contributed by atoms with E-state index in [1.807, 2.05) is 0 Å². The third kappa shape index (κ3) is 3.67. The van der Waals surface area contributed by atoms with Crippen LogP contribution in [0.5, 0.6) is 0 Å². The van der Waals surface area contributed by atoms with Crippen LogP contribution in [0.15, 0.2) is 0 Å². The highest BCUT2D eigenvalue weighted by molar-refractivity contribution is 4.87. The van der Waals surface area contributed by atoms with Crippen LogP contribution in [0.1, 0.15) is 32.6 Å². The molecule has 1 heterocycles. The quantitative estimate of drug-likeness (QED) is 0.782. The first-order valence-corrected chi connectivity index (χ1v) is 7.29. The second-order valence-corrected chi connectivity index (χ2v) is 6.20. The normalized spacial score (nSPS) is 31.8. The predicted octanol–water partition coefficient (Wildman–Crippen LogP) is 1.40. The summed E-state index contributed by atoms with van der Waals surface area (Å²) in [7, 11) is 4.42. The minimum atomic E-state index is 0.751. The van der Waals surface area contributed by atoms with Crippen molar-refractivity contribution in [3.05, 3.63) is 0 Å². The highest BCUT2D eigenvalue weighted by atomic mass is 15.2. The molecule has 1 N–H and O–H groups in total. The molecule has 0 amide bonds. The van der Waals surface area contributed by atoms with Crippen LogP contribution in [0.4, 0.5) is 0 Å². The lowest BCUT2D eigenvalue weighted by Crippen LogP contribution is -2.37. The van der Waals surface area contributed by atoms with Crippen molar-refractivity contribution in [2.45, 2.75) is 44.7 Å². The minimum absolute atomic E-state index is 0.751. The fourth-order valence-electron chi connectivity index (χ4n) is 3.46. The molecule has 3 heteroatoms. The number of likely N-dealkylation sites (tertiary alicyclic amines) is 1. The Morgan fingerprint density at radius 2 is 1.88 bits per heavy atom. The van der Waals surface area contributed by atoms with E-state index in [9.17, 15) is 0 Å². The van der Waals surface area contributed by atoms with Crippen LogP contribution in [0, 0.1) is 5.92 Å². The summed E-state index contributed by atoms with van der Waals surface area (Å²) in [6, 6.07) is 1.57. The molecule has 0 aromatic rings. The zero-order valence-corrected chi connectivity index (χ0v) is 11.8. The van der Waals surface area contributed by atoms with Gasteiger partial charge in [-0.25, -0.2) is 0 Å². The van der Waals surface area contributed by atoms with Crippen LogP contribution in [-0.2, 0) is 0 Å². The van der Waals surface area contributed by atoms with Crippen molar-refractivity contribution in [3.8, 4) is 0 Å². The Labute approximate surface area is 107 Å². The molecule has 1 aliphatic heterocycles. The largest absolute Gasteiger partial charge is 0.313 e. The van der Waals surface area contributed by atoms with E-state index in [0.29, 0.717) is 0 Å². The highest BCUT2D eigenvalue weighted by Crippen LogP contribution is 2.20. The maximum atomic E-state index is 3.71. The summed E-state index contributed by atoms with van der Waals surface area (Å²) in [5.41, 5.74) is 0. The number of hydrogen-bond donors (Lipinski definition) is 1. The zero-order chi connectivity index (χ0) is 12.3. The van der Waals surface area contributed by atoms with E-state index in [0.717, 1.165) is 18.0 Å². The number of nitrogens with one attached hydrogen (secondary N) is 1. The van der Waals surface area contributed by atoms with Gasteiger partial charge in [-0.15, -0.1) is 0 Å². The van der Waals surface area contributed by atoms with Gasteiger partial charge in [0.25, 0.3) is 0 Å².